The van der Waals surface area contributed by atoms with Crippen molar-refractivity contribution < 1.29 is 4.74 Å². The van der Waals surface area contributed by atoms with Gasteiger partial charge < -0.3 is 15.0 Å². The molecule has 0 aromatic carbocycles. The molecule has 2 aromatic rings. The summed E-state index contributed by atoms with van der Waals surface area (Å²) in [5, 5.41) is 12.2. The van der Waals surface area contributed by atoms with Gasteiger partial charge in [-0.25, -0.2) is 0 Å². The largest absolute Gasteiger partial charge is 0.378 e. The van der Waals surface area contributed by atoms with E-state index in [0.29, 0.717) is 12.0 Å². The number of nitrogens with zero attached hydrogens (tertiary/aromatic N) is 4. The lowest BCUT2D eigenvalue weighted by atomic mass is 9.99. The molecule has 0 spiro atoms. The number of hydrogen-bond acceptors (Lipinski definition) is 6. The second-order valence-corrected chi connectivity index (χ2v) is 5.93. The lowest BCUT2D eigenvalue weighted by molar-refractivity contribution is -0.00690. The molecule has 1 N–H and O–H groups in total. The second-order valence-electron chi connectivity index (χ2n) is 5.93. The van der Waals surface area contributed by atoms with Gasteiger partial charge in [-0.05, 0) is 24.3 Å². The third kappa shape index (κ3) is 2.80. The summed E-state index contributed by atoms with van der Waals surface area (Å²) in [7, 11) is 0. The number of aromatic nitrogens is 3. The fourth-order valence-corrected chi connectivity index (χ4v) is 2.74. The quantitative estimate of drug-likeness (QED) is 0.887. The van der Waals surface area contributed by atoms with Gasteiger partial charge >= 0.3 is 0 Å². The van der Waals surface area contributed by atoms with Crippen molar-refractivity contribution in [3.63, 3.8) is 0 Å². The van der Waals surface area contributed by atoms with E-state index in [1.165, 1.54) is 0 Å². The van der Waals surface area contributed by atoms with Crippen LogP contribution in [0.25, 0.3) is 11.3 Å². The van der Waals surface area contributed by atoms with Gasteiger partial charge in [-0.1, -0.05) is 0 Å². The smallest absolute Gasteiger partial charge is 0.151 e. The molecular formula is C16H19N5O. The predicted octanol–water partition coefficient (Wildman–Crippen LogP) is 0.963. The molecule has 6 nitrogen and oxygen atoms in total. The van der Waals surface area contributed by atoms with Gasteiger partial charge in [0, 0.05) is 43.5 Å². The lowest BCUT2D eigenvalue weighted by Crippen LogP contribution is -2.55. The maximum Gasteiger partial charge on any atom is 0.151 e. The first-order valence-corrected chi connectivity index (χ1v) is 7.69. The van der Waals surface area contributed by atoms with Gasteiger partial charge in [0.25, 0.3) is 0 Å². The SMILES string of the molecule is c1cc(-c2ccc(N3CC(CNC4COC4)C3)nn2)ccn1. The maximum atomic E-state index is 5.16. The summed E-state index contributed by atoms with van der Waals surface area (Å²) in [5.41, 5.74) is 1.93. The molecule has 0 bridgehead atoms. The minimum absolute atomic E-state index is 0.563. The molecule has 2 aliphatic heterocycles. The molecule has 114 valence electrons. The van der Waals surface area contributed by atoms with E-state index in [2.05, 4.69) is 25.4 Å². The zero-order chi connectivity index (χ0) is 14.8. The first-order chi connectivity index (χ1) is 10.9. The monoisotopic (exact) mass is 297 g/mol. The average molecular weight is 297 g/mol. The highest BCUT2D eigenvalue weighted by atomic mass is 16.5. The van der Waals surface area contributed by atoms with Gasteiger partial charge in [0.1, 0.15) is 0 Å². The van der Waals surface area contributed by atoms with Crippen LogP contribution in [-0.4, -0.2) is 54.1 Å². The standard InChI is InChI=1S/C16H19N5O/c1-2-16(20-19-15(1)13-3-5-17-6-4-13)21-8-12(9-21)7-18-14-10-22-11-14/h1-6,12,14,18H,7-11H2. The molecule has 2 saturated heterocycles. The van der Waals surface area contributed by atoms with E-state index in [1.54, 1.807) is 12.4 Å². The zero-order valence-electron chi connectivity index (χ0n) is 12.4. The summed E-state index contributed by atoms with van der Waals surface area (Å²) in [6.07, 6.45) is 3.54. The topological polar surface area (TPSA) is 63.2 Å². The first-order valence-electron chi connectivity index (χ1n) is 7.69. The normalized spacial score (nSPS) is 18.8. The van der Waals surface area contributed by atoms with Crippen LogP contribution >= 0.6 is 0 Å². The number of pyridine rings is 1. The highest BCUT2D eigenvalue weighted by molar-refractivity contribution is 5.59. The van der Waals surface area contributed by atoms with Crippen LogP contribution in [0.1, 0.15) is 0 Å². The van der Waals surface area contributed by atoms with Crippen LogP contribution < -0.4 is 10.2 Å². The fraction of sp³-hybridized carbons (Fsp3) is 0.438. The Morgan fingerprint density at radius 1 is 1.09 bits per heavy atom. The molecule has 2 aromatic heterocycles. The van der Waals surface area contributed by atoms with E-state index in [4.69, 9.17) is 4.74 Å². The van der Waals surface area contributed by atoms with Crippen molar-refractivity contribution in [2.75, 3.05) is 37.7 Å². The van der Waals surface area contributed by atoms with Gasteiger partial charge in [0.2, 0.25) is 0 Å². The van der Waals surface area contributed by atoms with Crippen molar-refractivity contribution in [1.29, 1.82) is 0 Å². The number of anilines is 1. The van der Waals surface area contributed by atoms with E-state index in [9.17, 15) is 0 Å². The Bertz CT molecular complexity index is 608. The lowest BCUT2D eigenvalue weighted by Gasteiger charge is -2.41. The number of hydrogen-bond donors (Lipinski definition) is 1. The van der Waals surface area contributed by atoms with Crippen molar-refractivity contribution in [1.82, 2.24) is 20.5 Å². The molecule has 2 aliphatic rings. The van der Waals surface area contributed by atoms with Gasteiger partial charge in [-0.3, -0.25) is 4.98 Å². The van der Waals surface area contributed by atoms with Crippen molar-refractivity contribution in [3.05, 3.63) is 36.7 Å². The van der Waals surface area contributed by atoms with Crippen LogP contribution in [0.2, 0.25) is 0 Å². The molecule has 4 heterocycles. The Morgan fingerprint density at radius 3 is 2.55 bits per heavy atom. The van der Waals surface area contributed by atoms with Gasteiger partial charge in [0.15, 0.2) is 5.82 Å². The molecule has 0 radical (unpaired) electrons. The molecular weight excluding hydrogens is 278 g/mol. The van der Waals surface area contributed by atoms with Gasteiger partial charge in [-0.15, -0.1) is 10.2 Å². The Morgan fingerprint density at radius 2 is 1.91 bits per heavy atom. The Labute approximate surface area is 129 Å². The summed E-state index contributed by atoms with van der Waals surface area (Å²) in [6.45, 7) is 4.87. The van der Waals surface area contributed by atoms with E-state index < -0.39 is 0 Å². The first kappa shape index (κ1) is 13.6. The maximum absolute atomic E-state index is 5.16. The summed E-state index contributed by atoms with van der Waals surface area (Å²) >= 11 is 0. The highest BCUT2D eigenvalue weighted by Gasteiger charge is 2.29. The number of ether oxygens (including phenoxy) is 1. The van der Waals surface area contributed by atoms with Crippen molar-refractivity contribution in [2.45, 2.75) is 6.04 Å². The second kappa shape index (κ2) is 5.98. The molecule has 22 heavy (non-hydrogen) atoms. The number of rotatable bonds is 5. The molecule has 0 amide bonds. The molecule has 4 rings (SSSR count). The minimum atomic E-state index is 0.563. The van der Waals surface area contributed by atoms with Crippen molar-refractivity contribution in [3.8, 4) is 11.3 Å². The molecule has 2 fully saturated rings. The third-order valence-corrected chi connectivity index (χ3v) is 4.24. The summed E-state index contributed by atoms with van der Waals surface area (Å²) in [4.78, 5) is 6.29. The summed E-state index contributed by atoms with van der Waals surface area (Å²) in [6, 6.07) is 8.52. The Kier molecular flexibility index (Phi) is 3.70. The van der Waals surface area contributed by atoms with E-state index in [0.717, 1.165) is 49.9 Å². The number of nitrogens with one attached hydrogen (secondary N) is 1. The van der Waals surface area contributed by atoms with Gasteiger partial charge in [-0.2, -0.15) is 0 Å². The van der Waals surface area contributed by atoms with Crippen LogP contribution in [-0.2, 0) is 4.74 Å². The summed E-state index contributed by atoms with van der Waals surface area (Å²) in [5.74, 6) is 1.66. The van der Waals surface area contributed by atoms with Crippen LogP contribution in [0.4, 0.5) is 5.82 Å². The van der Waals surface area contributed by atoms with Crippen molar-refractivity contribution in [2.24, 2.45) is 5.92 Å². The van der Waals surface area contributed by atoms with Gasteiger partial charge in [0.05, 0.1) is 24.9 Å². The zero-order valence-corrected chi connectivity index (χ0v) is 12.4. The minimum Gasteiger partial charge on any atom is -0.378 e. The van der Waals surface area contributed by atoms with Crippen LogP contribution in [0.5, 0.6) is 0 Å². The molecule has 0 aliphatic carbocycles. The molecule has 0 saturated carbocycles. The van der Waals surface area contributed by atoms with E-state index >= 15 is 0 Å². The molecule has 0 atom stereocenters. The summed E-state index contributed by atoms with van der Waals surface area (Å²) < 4.78 is 5.16. The molecule has 6 heteroatoms. The van der Waals surface area contributed by atoms with Crippen LogP contribution in [0.15, 0.2) is 36.7 Å². The van der Waals surface area contributed by atoms with Crippen LogP contribution in [0.3, 0.4) is 0 Å². The third-order valence-electron chi connectivity index (χ3n) is 4.24. The highest BCUT2D eigenvalue weighted by Crippen LogP contribution is 2.23. The average Bonchev–Trinajstić information content (AvgIpc) is 2.49. The van der Waals surface area contributed by atoms with E-state index in [1.807, 2.05) is 24.3 Å². The Hall–Kier alpha value is -2.05. The Balaban J connectivity index is 1.31. The van der Waals surface area contributed by atoms with E-state index in [-0.39, 0.29) is 0 Å². The fourth-order valence-electron chi connectivity index (χ4n) is 2.74. The van der Waals surface area contributed by atoms with Crippen LogP contribution in [0, 0.1) is 5.92 Å². The molecule has 0 unspecified atom stereocenters. The predicted molar refractivity (Wildman–Crippen MR) is 83.6 cm³/mol. The van der Waals surface area contributed by atoms with Crippen molar-refractivity contribution >= 4 is 5.82 Å².